The van der Waals surface area contributed by atoms with Gasteiger partial charge in [0.25, 0.3) is 5.91 Å². The number of carbonyl (C=O) groups excluding carboxylic acids is 1. The van der Waals surface area contributed by atoms with Crippen molar-refractivity contribution in [3.63, 3.8) is 0 Å². The zero-order valence-corrected chi connectivity index (χ0v) is 11.0. The Kier molecular flexibility index (Phi) is 5.70. The third-order valence-electron chi connectivity index (χ3n) is 2.72. The molecule has 0 spiro atoms. The van der Waals surface area contributed by atoms with Gasteiger partial charge in [0, 0.05) is 18.7 Å². The molecule has 0 N–H and O–H groups in total. The molecule has 0 fully saturated rings. The van der Waals surface area contributed by atoms with Gasteiger partial charge in [-0.25, -0.2) is 0 Å². The molecule has 0 unspecified atom stereocenters. The van der Waals surface area contributed by atoms with Crippen LogP contribution >= 0.6 is 0 Å². The summed E-state index contributed by atoms with van der Waals surface area (Å²) in [5.41, 5.74) is 0.777. The lowest BCUT2D eigenvalue weighted by atomic mass is 10.2. The normalized spacial score (nSPS) is 10.6. The molecule has 17 heavy (non-hydrogen) atoms. The van der Waals surface area contributed by atoms with Gasteiger partial charge in [0.15, 0.2) is 0 Å². The smallest absolute Gasteiger partial charge is 0.253 e. The van der Waals surface area contributed by atoms with Crippen LogP contribution in [0.25, 0.3) is 0 Å². The summed E-state index contributed by atoms with van der Waals surface area (Å²) < 4.78 is 0. The summed E-state index contributed by atoms with van der Waals surface area (Å²) >= 11 is 0. The van der Waals surface area contributed by atoms with Crippen LogP contribution in [0.2, 0.25) is 0 Å². The summed E-state index contributed by atoms with van der Waals surface area (Å²) in [7, 11) is 4.10. The lowest BCUT2D eigenvalue weighted by Crippen LogP contribution is -2.33. The Balaban J connectivity index is 2.53. The van der Waals surface area contributed by atoms with Crippen molar-refractivity contribution in [2.24, 2.45) is 0 Å². The average Bonchev–Trinajstić information content (AvgIpc) is 2.34. The molecule has 0 aliphatic carbocycles. The zero-order valence-electron chi connectivity index (χ0n) is 11.0. The molecule has 0 atom stereocenters. The minimum Gasteiger partial charge on any atom is -0.339 e. The van der Waals surface area contributed by atoms with Gasteiger partial charge in [-0.1, -0.05) is 18.2 Å². The first-order valence-electron chi connectivity index (χ1n) is 6.14. The Labute approximate surface area is 104 Å². The lowest BCUT2D eigenvalue weighted by molar-refractivity contribution is 0.0759. The number of amides is 1. The largest absolute Gasteiger partial charge is 0.339 e. The average molecular weight is 234 g/mol. The Morgan fingerprint density at radius 3 is 2.29 bits per heavy atom. The van der Waals surface area contributed by atoms with E-state index in [1.165, 1.54) is 0 Å². The fourth-order valence-corrected chi connectivity index (χ4v) is 1.74. The molecular weight excluding hydrogens is 212 g/mol. The van der Waals surface area contributed by atoms with E-state index >= 15 is 0 Å². The summed E-state index contributed by atoms with van der Waals surface area (Å²) in [4.78, 5) is 16.2. The van der Waals surface area contributed by atoms with Crippen LogP contribution in [0.5, 0.6) is 0 Å². The first-order valence-corrected chi connectivity index (χ1v) is 6.14. The van der Waals surface area contributed by atoms with Crippen molar-refractivity contribution in [3.05, 3.63) is 35.9 Å². The lowest BCUT2D eigenvalue weighted by Gasteiger charge is -2.21. The van der Waals surface area contributed by atoms with Crippen molar-refractivity contribution in [1.82, 2.24) is 9.80 Å². The van der Waals surface area contributed by atoms with Crippen LogP contribution in [-0.4, -0.2) is 49.4 Å². The molecular formula is C14H22N2O. The van der Waals surface area contributed by atoms with E-state index in [4.69, 9.17) is 0 Å². The summed E-state index contributed by atoms with van der Waals surface area (Å²) in [5, 5.41) is 0. The minimum absolute atomic E-state index is 0.131. The van der Waals surface area contributed by atoms with Crippen molar-refractivity contribution < 1.29 is 4.79 Å². The minimum atomic E-state index is 0.131. The second-order valence-electron chi connectivity index (χ2n) is 4.41. The van der Waals surface area contributed by atoms with Crippen molar-refractivity contribution in [2.45, 2.75) is 13.3 Å². The first-order chi connectivity index (χ1) is 8.15. The highest BCUT2D eigenvalue weighted by Gasteiger charge is 2.12. The molecule has 94 valence electrons. The van der Waals surface area contributed by atoms with Crippen LogP contribution < -0.4 is 0 Å². The van der Waals surface area contributed by atoms with Gasteiger partial charge >= 0.3 is 0 Å². The van der Waals surface area contributed by atoms with Gasteiger partial charge in [0.2, 0.25) is 0 Å². The molecule has 0 saturated carbocycles. The van der Waals surface area contributed by atoms with Gasteiger partial charge in [0.05, 0.1) is 0 Å². The third kappa shape index (κ3) is 4.57. The number of nitrogens with zero attached hydrogens (tertiary/aromatic N) is 2. The highest BCUT2D eigenvalue weighted by atomic mass is 16.2. The second kappa shape index (κ2) is 7.07. The van der Waals surface area contributed by atoms with Gasteiger partial charge in [-0.2, -0.15) is 0 Å². The van der Waals surface area contributed by atoms with Crippen LogP contribution in [0, 0.1) is 0 Å². The molecule has 0 aromatic heterocycles. The maximum Gasteiger partial charge on any atom is 0.253 e. The Bertz CT molecular complexity index is 335. The number of hydrogen-bond donors (Lipinski definition) is 0. The van der Waals surface area contributed by atoms with E-state index in [1.54, 1.807) is 0 Å². The first kappa shape index (κ1) is 13.7. The van der Waals surface area contributed by atoms with Gasteiger partial charge in [-0.15, -0.1) is 0 Å². The van der Waals surface area contributed by atoms with Gasteiger partial charge in [-0.3, -0.25) is 4.79 Å². The summed E-state index contributed by atoms with van der Waals surface area (Å²) in [5.74, 6) is 0.131. The quantitative estimate of drug-likeness (QED) is 0.752. The highest BCUT2D eigenvalue weighted by Crippen LogP contribution is 2.05. The van der Waals surface area contributed by atoms with Crippen LogP contribution in [0.1, 0.15) is 23.7 Å². The van der Waals surface area contributed by atoms with Gasteiger partial charge < -0.3 is 9.80 Å². The van der Waals surface area contributed by atoms with Crippen LogP contribution in [0.15, 0.2) is 30.3 Å². The maximum atomic E-state index is 12.2. The topological polar surface area (TPSA) is 23.6 Å². The van der Waals surface area contributed by atoms with Gasteiger partial charge in [-0.05, 0) is 46.1 Å². The predicted octanol–water partition coefficient (Wildman–Crippen LogP) is 2.10. The molecule has 1 aromatic rings. The molecule has 0 bridgehead atoms. The summed E-state index contributed by atoms with van der Waals surface area (Å²) in [6, 6.07) is 9.48. The van der Waals surface area contributed by atoms with E-state index in [9.17, 15) is 4.79 Å². The number of carbonyl (C=O) groups is 1. The molecule has 3 heteroatoms. The van der Waals surface area contributed by atoms with Crippen LogP contribution in [0.4, 0.5) is 0 Å². The highest BCUT2D eigenvalue weighted by molar-refractivity contribution is 5.94. The van der Waals surface area contributed by atoms with E-state index < -0.39 is 0 Å². The van der Waals surface area contributed by atoms with E-state index in [1.807, 2.05) is 42.2 Å². The molecule has 1 amide bonds. The van der Waals surface area contributed by atoms with Crippen molar-refractivity contribution in [2.75, 3.05) is 33.7 Å². The molecule has 0 aliphatic heterocycles. The van der Waals surface area contributed by atoms with E-state index in [2.05, 4.69) is 19.0 Å². The Morgan fingerprint density at radius 1 is 1.12 bits per heavy atom. The van der Waals surface area contributed by atoms with Crippen molar-refractivity contribution in [1.29, 1.82) is 0 Å². The number of rotatable bonds is 6. The van der Waals surface area contributed by atoms with Crippen LogP contribution in [0.3, 0.4) is 0 Å². The Hall–Kier alpha value is -1.35. The second-order valence-corrected chi connectivity index (χ2v) is 4.41. The molecule has 0 heterocycles. The SMILES string of the molecule is CCN(CCCN(C)C)C(=O)c1ccccc1. The third-order valence-corrected chi connectivity index (χ3v) is 2.72. The predicted molar refractivity (Wildman–Crippen MR) is 71.2 cm³/mol. The van der Waals surface area contributed by atoms with Crippen molar-refractivity contribution in [3.8, 4) is 0 Å². The fraction of sp³-hybridized carbons (Fsp3) is 0.500. The molecule has 1 aromatic carbocycles. The van der Waals surface area contributed by atoms with E-state index in [0.29, 0.717) is 0 Å². The van der Waals surface area contributed by atoms with Gasteiger partial charge in [0.1, 0.15) is 0 Å². The Morgan fingerprint density at radius 2 is 1.76 bits per heavy atom. The molecule has 0 aliphatic rings. The standard InChI is InChI=1S/C14H22N2O/c1-4-16(12-8-11-15(2)3)14(17)13-9-6-5-7-10-13/h5-7,9-10H,4,8,11-12H2,1-3H3. The molecule has 3 nitrogen and oxygen atoms in total. The molecule has 1 rings (SSSR count). The summed E-state index contributed by atoms with van der Waals surface area (Å²) in [6.07, 6.45) is 1.01. The zero-order chi connectivity index (χ0) is 12.7. The maximum absolute atomic E-state index is 12.2. The van der Waals surface area contributed by atoms with E-state index in [-0.39, 0.29) is 5.91 Å². The monoisotopic (exact) mass is 234 g/mol. The number of hydrogen-bond acceptors (Lipinski definition) is 2. The summed E-state index contributed by atoms with van der Waals surface area (Å²) in [6.45, 7) is 4.62. The van der Waals surface area contributed by atoms with E-state index in [0.717, 1.165) is 31.6 Å². The molecule has 0 saturated heterocycles. The fourth-order valence-electron chi connectivity index (χ4n) is 1.74. The number of benzene rings is 1. The van der Waals surface area contributed by atoms with Crippen molar-refractivity contribution >= 4 is 5.91 Å². The molecule has 0 radical (unpaired) electrons. The van der Waals surface area contributed by atoms with Crippen LogP contribution in [-0.2, 0) is 0 Å².